The van der Waals surface area contributed by atoms with Crippen LogP contribution in [0.4, 0.5) is 5.82 Å². The summed E-state index contributed by atoms with van der Waals surface area (Å²) in [7, 11) is 1.76. The molecule has 1 aromatic rings. The molecule has 1 N–H and O–H groups in total. The molecule has 114 valence electrons. The van der Waals surface area contributed by atoms with Crippen molar-refractivity contribution in [3.05, 3.63) is 16.8 Å². The van der Waals surface area contributed by atoms with E-state index in [-0.39, 0.29) is 0 Å². The van der Waals surface area contributed by atoms with E-state index in [0.717, 1.165) is 49.8 Å². The van der Waals surface area contributed by atoms with Gasteiger partial charge in [0.25, 0.3) is 0 Å². The van der Waals surface area contributed by atoms with Gasteiger partial charge < -0.3 is 10.1 Å². The van der Waals surface area contributed by atoms with Crippen LogP contribution in [0.15, 0.2) is 0 Å². The van der Waals surface area contributed by atoms with Crippen LogP contribution < -0.4 is 5.32 Å². The van der Waals surface area contributed by atoms with E-state index in [0.29, 0.717) is 23.5 Å². The second kappa shape index (κ2) is 7.37. The molecule has 0 saturated heterocycles. The van der Waals surface area contributed by atoms with Crippen molar-refractivity contribution in [1.82, 2.24) is 10.2 Å². The molecule has 1 aromatic heterocycles. The second-order valence-electron chi connectivity index (χ2n) is 5.53. The first kappa shape index (κ1) is 15.7. The highest BCUT2D eigenvalue weighted by molar-refractivity contribution is 5.57. The molecule has 0 spiro atoms. The molecule has 5 nitrogen and oxygen atoms in total. The summed E-state index contributed by atoms with van der Waals surface area (Å²) in [6, 6.07) is 2.62. The highest BCUT2D eigenvalue weighted by atomic mass is 16.5. The molecule has 1 fully saturated rings. The first-order valence-electron chi connectivity index (χ1n) is 7.81. The van der Waals surface area contributed by atoms with Gasteiger partial charge in [0.1, 0.15) is 11.6 Å². The summed E-state index contributed by atoms with van der Waals surface area (Å²) in [5, 5.41) is 21.4. The molecule has 0 bridgehead atoms. The topological polar surface area (TPSA) is 70.8 Å². The number of aromatic nitrogens is 2. The fourth-order valence-electron chi connectivity index (χ4n) is 3.08. The number of ether oxygens (including phenoxy) is 1. The summed E-state index contributed by atoms with van der Waals surface area (Å²) < 4.78 is 5.46. The van der Waals surface area contributed by atoms with Gasteiger partial charge in [0.05, 0.1) is 11.8 Å². The lowest BCUT2D eigenvalue weighted by Gasteiger charge is -2.29. The van der Waals surface area contributed by atoms with Crippen LogP contribution in [0.2, 0.25) is 0 Å². The van der Waals surface area contributed by atoms with Crippen molar-refractivity contribution in [2.24, 2.45) is 0 Å². The summed E-state index contributed by atoms with van der Waals surface area (Å²) in [6.45, 7) is 4.10. The van der Waals surface area contributed by atoms with Crippen LogP contribution >= 0.6 is 0 Å². The SMILES string of the molecule is CCc1nnc(NC2CCCC(OC)C2)c(C#N)c1CC. The number of nitrogens with zero attached hydrogens (tertiary/aromatic N) is 3. The Balaban J connectivity index is 2.22. The van der Waals surface area contributed by atoms with Crippen LogP contribution in [-0.4, -0.2) is 29.5 Å². The predicted molar refractivity (Wildman–Crippen MR) is 82.2 cm³/mol. The van der Waals surface area contributed by atoms with Gasteiger partial charge in [-0.3, -0.25) is 0 Å². The van der Waals surface area contributed by atoms with E-state index >= 15 is 0 Å². The lowest BCUT2D eigenvalue weighted by molar-refractivity contribution is 0.0669. The van der Waals surface area contributed by atoms with E-state index in [4.69, 9.17) is 4.74 Å². The molecular formula is C16H24N4O. The van der Waals surface area contributed by atoms with Crippen molar-refractivity contribution >= 4 is 5.82 Å². The number of anilines is 1. The minimum absolute atomic E-state index is 0.301. The molecule has 1 heterocycles. The Kier molecular flexibility index (Phi) is 5.51. The average molecular weight is 288 g/mol. The first-order chi connectivity index (χ1) is 10.2. The zero-order chi connectivity index (χ0) is 15.2. The Morgan fingerprint density at radius 1 is 1.29 bits per heavy atom. The van der Waals surface area contributed by atoms with E-state index in [9.17, 15) is 5.26 Å². The van der Waals surface area contributed by atoms with E-state index in [2.05, 4.69) is 28.5 Å². The van der Waals surface area contributed by atoms with E-state index in [1.54, 1.807) is 7.11 Å². The number of nitrogens with one attached hydrogen (secondary N) is 1. The third-order valence-corrected chi connectivity index (χ3v) is 4.26. The van der Waals surface area contributed by atoms with Crippen LogP contribution in [0.5, 0.6) is 0 Å². The van der Waals surface area contributed by atoms with Crippen molar-refractivity contribution in [3.63, 3.8) is 0 Å². The third kappa shape index (κ3) is 3.51. The van der Waals surface area contributed by atoms with Gasteiger partial charge in [-0.15, -0.1) is 5.10 Å². The van der Waals surface area contributed by atoms with Gasteiger partial charge in [0.2, 0.25) is 0 Å². The molecule has 2 atom stereocenters. The Morgan fingerprint density at radius 3 is 2.71 bits per heavy atom. The molecule has 1 aliphatic carbocycles. The standard InChI is InChI=1S/C16H24N4O/c1-4-13-14(10-17)16(20-19-15(13)5-2)18-11-7-6-8-12(9-11)21-3/h11-12H,4-9H2,1-3H3,(H,18,20). The number of methoxy groups -OCH3 is 1. The Labute approximate surface area is 126 Å². The third-order valence-electron chi connectivity index (χ3n) is 4.26. The molecule has 2 rings (SSSR count). The van der Waals surface area contributed by atoms with Crippen molar-refractivity contribution in [3.8, 4) is 6.07 Å². The highest BCUT2D eigenvalue weighted by Gasteiger charge is 2.23. The van der Waals surface area contributed by atoms with Crippen LogP contribution in [0.25, 0.3) is 0 Å². The van der Waals surface area contributed by atoms with Gasteiger partial charge in [-0.2, -0.15) is 10.4 Å². The van der Waals surface area contributed by atoms with Gasteiger partial charge >= 0.3 is 0 Å². The monoisotopic (exact) mass is 288 g/mol. The van der Waals surface area contributed by atoms with Crippen LogP contribution in [0.3, 0.4) is 0 Å². The molecule has 2 unspecified atom stereocenters. The van der Waals surface area contributed by atoms with Gasteiger partial charge in [-0.05, 0) is 44.1 Å². The number of hydrogen-bond donors (Lipinski definition) is 1. The van der Waals surface area contributed by atoms with Gasteiger partial charge in [-0.1, -0.05) is 13.8 Å². The summed E-state index contributed by atoms with van der Waals surface area (Å²) in [4.78, 5) is 0. The van der Waals surface area contributed by atoms with Crippen LogP contribution in [-0.2, 0) is 17.6 Å². The molecule has 1 saturated carbocycles. The summed E-state index contributed by atoms with van der Waals surface area (Å²) in [6.07, 6.45) is 6.21. The fraction of sp³-hybridized carbons (Fsp3) is 0.688. The molecule has 0 aliphatic heterocycles. The molecule has 0 radical (unpaired) electrons. The van der Waals surface area contributed by atoms with Crippen LogP contribution in [0.1, 0.15) is 56.4 Å². The predicted octanol–water partition coefficient (Wildman–Crippen LogP) is 2.84. The smallest absolute Gasteiger partial charge is 0.167 e. The molecule has 1 aliphatic rings. The van der Waals surface area contributed by atoms with Crippen LogP contribution in [0, 0.1) is 11.3 Å². The molecule has 21 heavy (non-hydrogen) atoms. The Bertz CT molecular complexity index is 524. The Morgan fingerprint density at radius 2 is 2.10 bits per heavy atom. The summed E-state index contributed by atoms with van der Waals surface area (Å²) >= 11 is 0. The summed E-state index contributed by atoms with van der Waals surface area (Å²) in [5.74, 6) is 0.633. The second-order valence-corrected chi connectivity index (χ2v) is 5.53. The molecule has 0 amide bonds. The number of rotatable bonds is 5. The normalized spacial score (nSPS) is 21.8. The average Bonchev–Trinajstić information content (AvgIpc) is 2.54. The highest BCUT2D eigenvalue weighted by Crippen LogP contribution is 2.26. The first-order valence-corrected chi connectivity index (χ1v) is 7.81. The maximum absolute atomic E-state index is 9.50. The van der Waals surface area contributed by atoms with E-state index in [1.165, 1.54) is 0 Å². The quantitative estimate of drug-likeness (QED) is 0.902. The molecule has 0 aromatic carbocycles. The Hall–Kier alpha value is -1.67. The minimum atomic E-state index is 0.301. The molecule has 5 heteroatoms. The zero-order valence-electron chi connectivity index (χ0n) is 13.1. The minimum Gasteiger partial charge on any atom is -0.381 e. The van der Waals surface area contributed by atoms with Crippen molar-refractivity contribution < 1.29 is 4.74 Å². The van der Waals surface area contributed by atoms with Gasteiger partial charge in [-0.25, -0.2) is 0 Å². The van der Waals surface area contributed by atoms with E-state index < -0.39 is 0 Å². The number of hydrogen-bond acceptors (Lipinski definition) is 5. The van der Waals surface area contributed by atoms with Crippen molar-refractivity contribution in [2.75, 3.05) is 12.4 Å². The number of aryl methyl sites for hydroxylation is 1. The molecular weight excluding hydrogens is 264 g/mol. The van der Waals surface area contributed by atoms with Crippen molar-refractivity contribution in [2.45, 2.75) is 64.5 Å². The maximum atomic E-state index is 9.50. The van der Waals surface area contributed by atoms with Gasteiger partial charge in [0.15, 0.2) is 5.82 Å². The van der Waals surface area contributed by atoms with E-state index in [1.807, 2.05) is 6.92 Å². The zero-order valence-corrected chi connectivity index (χ0v) is 13.1. The lowest BCUT2D eigenvalue weighted by Crippen LogP contribution is -2.31. The lowest BCUT2D eigenvalue weighted by atomic mass is 9.92. The van der Waals surface area contributed by atoms with Crippen molar-refractivity contribution in [1.29, 1.82) is 5.26 Å². The fourth-order valence-corrected chi connectivity index (χ4v) is 3.08. The number of nitriles is 1. The van der Waals surface area contributed by atoms with Gasteiger partial charge in [0, 0.05) is 13.2 Å². The maximum Gasteiger partial charge on any atom is 0.167 e. The largest absolute Gasteiger partial charge is 0.381 e. The summed E-state index contributed by atoms with van der Waals surface area (Å²) in [5.41, 5.74) is 2.61.